The topological polar surface area (TPSA) is 22.0 Å². The molecule has 1 heterocycles. The van der Waals surface area contributed by atoms with Crippen LogP contribution in [-0.4, -0.2) is 4.57 Å². The molecule has 0 saturated carbocycles. The molecule has 21 heavy (non-hydrogen) atoms. The van der Waals surface area contributed by atoms with Gasteiger partial charge in [-0.25, -0.2) is 0 Å². The normalized spacial score (nSPS) is 11.8. The third-order valence-electron chi connectivity index (χ3n) is 3.67. The molecule has 2 nitrogen and oxygen atoms in total. The number of hydrogen-bond acceptors (Lipinski definition) is 1. The van der Waals surface area contributed by atoms with Crippen molar-refractivity contribution in [1.29, 1.82) is 0 Å². The highest BCUT2D eigenvalue weighted by Gasteiger charge is 2.20. The fourth-order valence-electron chi connectivity index (χ4n) is 2.75. The van der Waals surface area contributed by atoms with Crippen LogP contribution in [0.2, 0.25) is 0 Å². The quantitative estimate of drug-likeness (QED) is 0.645. The van der Waals surface area contributed by atoms with Crippen LogP contribution in [0, 0.1) is 0 Å². The Kier molecular flexibility index (Phi) is 3.17. The first-order valence-electron chi connectivity index (χ1n) is 7.19. The van der Waals surface area contributed by atoms with Crippen LogP contribution in [0.15, 0.2) is 65.5 Å². The van der Waals surface area contributed by atoms with Crippen molar-refractivity contribution in [2.75, 3.05) is 0 Å². The molecule has 3 rings (SSSR count). The fraction of sp³-hybridized carbons (Fsp3) is 0.211. The van der Waals surface area contributed by atoms with Gasteiger partial charge in [0.15, 0.2) is 0 Å². The number of nitrogens with zero attached hydrogens (tertiary/aromatic N) is 1. The van der Waals surface area contributed by atoms with Crippen LogP contribution in [-0.2, 0) is 5.54 Å². The third-order valence-corrected chi connectivity index (χ3v) is 3.67. The summed E-state index contributed by atoms with van der Waals surface area (Å²) in [5.41, 5.74) is 1.83. The number of aromatic nitrogens is 1. The summed E-state index contributed by atoms with van der Waals surface area (Å²) in [5, 5.41) is 1.76. The fourth-order valence-corrected chi connectivity index (χ4v) is 2.75. The van der Waals surface area contributed by atoms with Crippen molar-refractivity contribution < 1.29 is 0 Å². The van der Waals surface area contributed by atoms with Gasteiger partial charge in [-0.1, -0.05) is 48.5 Å². The zero-order valence-electron chi connectivity index (χ0n) is 12.6. The summed E-state index contributed by atoms with van der Waals surface area (Å²) < 4.78 is 1.89. The van der Waals surface area contributed by atoms with E-state index >= 15 is 0 Å². The molecule has 106 valence electrons. The van der Waals surface area contributed by atoms with Crippen molar-refractivity contribution in [3.05, 3.63) is 71.0 Å². The molecule has 0 N–H and O–H groups in total. The first-order chi connectivity index (χ1) is 9.98. The van der Waals surface area contributed by atoms with Crippen LogP contribution in [0.25, 0.3) is 22.0 Å². The molecule has 3 aromatic rings. The summed E-state index contributed by atoms with van der Waals surface area (Å²) in [7, 11) is 0. The smallest absolute Gasteiger partial charge is 0.259 e. The molecule has 0 atom stereocenters. The Balaban J connectivity index is 2.45. The van der Waals surface area contributed by atoms with E-state index in [-0.39, 0.29) is 11.1 Å². The highest BCUT2D eigenvalue weighted by Crippen LogP contribution is 2.26. The van der Waals surface area contributed by atoms with Gasteiger partial charge in [0, 0.05) is 10.9 Å². The van der Waals surface area contributed by atoms with Gasteiger partial charge >= 0.3 is 0 Å². The van der Waals surface area contributed by atoms with Gasteiger partial charge in [0.25, 0.3) is 5.56 Å². The molecule has 1 aromatic heterocycles. The Morgan fingerprint density at radius 2 is 1.48 bits per heavy atom. The summed E-state index contributed by atoms with van der Waals surface area (Å²) in [6.07, 6.45) is 0. The van der Waals surface area contributed by atoms with Gasteiger partial charge in [-0.05, 0) is 43.9 Å². The van der Waals surface area contributed by atoms with E-state index in [1.165, 1.54) is 0 Å². The van der Waals surface area contributed by atoms with Crippen molar-refractivity contribution in [3.63, 3.8) is 0 Å². The Hall–Kier alpha value is -2.35. The molecule has 0 spiro atoms. The van der Waals surface area contributed by atoms with E-state index in [0.717, 1.165) is 22.0 Å². The molecule has 0 fully saturated rings. The number of rotatable bonds is 1. The number of fused-ring (bicyclic) bond motifs is 1. The van der Waals surface area contributed by atoms with Crippen molar-refractivity contribution in [2.24, 2.45) is 0 Å². The zero-order valence-corrected chi connectivity index (χ0v) is 12.6. The monoisotopic (exact) mass is 277 g/mol. The minimum atomic E-state index is -0.272. The summed E-state index contributed by atoms with van der Waals surface area (Å²) in [4.78, 5) is 12.9. The molecule has 0 unspecified atom stereocenters. The summed E-state index contributed by atoms with van der Waals surface area (Å²) in [5.74, 6) is 0. The van der Waals surface area contributed by atoms with Gasteiger partial charge in [0.1, 0.15) is 0 Å². The first-order valence-corrected chi connectivity index (χ1v) is 7.19. The van der Waals surface area contributed by atoms with Crippen LogP contribution in [0.4, 0.5) is 0 Å². The van der Waals surface area contributed by atoms with Gasteiger partial charge in [-0.2, -0.15) is 0 Å². The van der Waals surface area contributed by atoms with E-state index in [4.69, 9.17) is 0 Å². The summed E-state index contributed by atoms with van der Waals surface area (Å²) in [6.45, 7) is 6.20. The molecule has 2 heteroatoms. The van der Waals surface area contributed by atoms with E-state index in [1.807, 2.05) is 59.2 Å². The van der Waals surface area contributed by atoms with E-state index in [9.17, 15) is 4.79 Å². The van der Waals surface area contributed by atoms with Crippen LogP contribution < -0.4 is 5.56 Å². The minimum Gasteiger partial charge on any atom is -0.302 e. The van der Waals surface area contributed by atoms with Crippen LogP contribution >= 0.6 is 0 Å². The van der Waals surface area contributed by atoms with Crippen molar-refractivity contribution in [2.45, 2.75) is 26.3 Å². The second-order valence-corrected chi connectivity index (χ2v) is 6.29. The lowest BCUT2D eigenvalue weighted by molar-refractivity contribution is 0.391. The third kappa shape index (κ3) is 2.38. The molecule has 2 aromatic carbocycles. The predicted molar refractivity (Wildman–Crippen MR) is 88.6 cm³/mol. The van der Waals surface area contributed by atoms with E-state index in [0.29, 0.717) is 0 Å². The average Bonchev–Trinajstić information content (AvgIpc) is 2.46. The highest BCUT2D eigenvalue weighted by molar-refractivity contribution is 5.85. The van der Waals surface area contributed by atoms with Crippen molar-refractivity contribution in [3.8, 4) is 11.3 Å². The predicted octanol–water partition coefficient (Wildman–Crippen LogP) is 4.42. The van der Waals surface area contributed by atoms with Crippen LogP contribution in [0.5, 0.6) is 0 Å². The van der Waals surface area contributed by atoms with E-state index < -0.39 is 0 Å². The minimum absolute atomic E-state index is 0.0689. The molecular weight excluding hydrogens is 258 g/mol. The van der Waals surface area contributed by atoms with Crippen molar-refractivity contribution in [1.82, 2.24) is 4.57 Å². The van der Waals surface area contributed by atoms with Gasteiger partial charge < -0.3 is 4.57 Å². The lowest BCUT2D eigenvalue weighted by Gasteiger charge is -2.27. The first kappa shape index (κ1) is 13.6. The van der Waals surface area contributed by atoms with Gasteiger partial charge in [-0.3, -0.25) is 4.79 Å². The maximum absolute atomic E-state index is 12.9. The Morgan fingerprint density at radius 3 is 2.14 bits per heavy atom. The van der Waals surface area contributed by atoms with E-state index in [1.54, 1.807) is 0 Å². The second-order valence-electron chi connectivity index (χ2n) is 6.29. The van der Waals surface area contributed by atoms with Gasteiger partial charge in [-0.15, -0.1) is 0 Å². The SMILES string of the molecule is CC(C)(C)n1c(-c2ccccc2)cc2ccccc2c1=O. The molecule has 0 saturated heterocycles. The lowest BCUT2D eigenvalue weighted by Crippen LogP contribution is -2.35. The Bertz CT molecular complexity index is 839. The lowest BCUT2D eigenvalue weighted by atomic mass is 10.0. The largest absolute Gasteiger partial charge is 0.302 e. The van der Waals surface area contributed by atoms with Crippen LogP contribution in [0.3, 0.4) is 0 Å². The number of hydrogen-bond donors (Lipinski definition) is 0. The molecule has 0 radical (unpaired) electrons. The Morgan fingerprint density at radius 1 is 0.857 bits per heavy atom. The molecular formula is C19H19NO. The average molecular weight is 277 g/mol. The maximum atomic E-state index is 12.9. The summed E-state index contributed by atoms with van der Waals surface area (Å²) in [6, 6.07) is 20.0. The van der Waals surface area contributed by atoms with Crippen molar-refractivity contribution >= 4 is 10.8 Å². The zero-order chi connectivity index (χ0) is 15.0. The second kappa shape index (κ2) is 4.88. The number of benzene rings is 2. The van der Waals surface area contributed by atoms with Gasteiger partial charge in [0.2, 0.25) is 0 Å². The standard InChI is InChI=1S/C19H19NO/c1-19(2,3)20-17(14-9-5-4-6-10-14)13-15-11-7-8-12-16(15)18(20)21/h4-13H,1-3H3. The maximum Gasteiger partial charge on any atom is 0.259 e. The molecule has 0 aliphatic rings. The number of pyridine rings is 1. The Labute approximate surface area is 124 Å². The highest BCUT2D eigenvalue weighted by atomic mass is 16.1. The molecule has 0 aliphatic carbocycles. The van der Waals surface area contributed by atoms with Gasteiger partial charge in [0.05, 0.1) is 5.69 Å². The van der Waals surface area contributed by atoms with Crippen LogP contribution in [0.1, 0.15) is 20.8 Å². The molecule has 0 bridgehead atoms. The molecule has 0 amide bonds. The van der Waals surface area contributed by atoms with E-state index in [2.05, 4.69) is 26.8 Å². The summed E-state index contributed by atoms with van der Waals surface area (Å²) >= 11 is 0. The molecule has 0 aliphatic heterocycles.